The fraction of sp³-hybridized carbons (Fsp3) is 0.182. The first-order valence-electron chi connectivity index (χ1n) is 4.79. The Morgan fingerprint density at radius 2 is 2.06 bits per heavy atom. The van der Waals surface area contributed by atoms with Gasteiger partial charge in [-0.05, 0) is 33.6 Å². The largest absolute Gasteiger partial charge is 0.416 e. The molecule has 0 aliphatic heterocycles. The van der Waals surface area contributed by atoms with Gasteiger partial charge in [0.2, 0.25) is 0 Å². The Morgan fingerprint density at radius 1 is 1.29 bits per heavy atom. The molecule has 1 aromatic carbocycles. The van der Waals surface area contributed by atoms with Crippen LogP contribution in [0.5, 0.6) is 0 Å². The second-order valence-corrected chi connectivity index (χ2v) is 4.47. The van der Waals surface area contributed by atoms with Crippen molar-refractivity contribution in [3.63, 3.8) is 0 Å². The van der Waals surface area contributed by atoms with Gasteiger partial charge in [0.1, 0.15) is 0 Å². The first kappa shape index (κ1) is 12.2. The lowest BCUT2D eigenvalue weighted by Crippen LogP contribution is -2.07. The van der Waals surface area contributed by atoms with Crippen molar-refractivity contribution in [3.05, 3.63) is 52.3 Å². The summed E-state index contributed by atoms with van der Waals surface area (Å²) in [5.41, 5.74) is -0.0725. The molecule has 17 heavy (non-hydrogen) atoms. The Balaban J connectivity index is 2.22. The van der Waals surface area contributed by atoms with E-state index in [9.17, 15) is 13.2 Å². The molecular weight excluding hydrogens is 297 g/mol. The third-order valence-electron chi connectivity index (χ3n) is 2.20. The summed E-state index contributed by atoms with van der Waals surface area (Å²) in [6.07, 6.45) is -1.01. The van der Waals surface area contributed by atoms with Crippen molar-refractivity contribution in [2.45, 2.75) is 12.7 Å². The summed E-state index contributed by atoms with van der Waals surface area (Å²) in [5, 5.41) is 3.99. The van der Waals surface area contributed by atoms with E-state index in [4.69, 9.17) is 0 Å². The summed E-state index contributed by atoms with van der Waals surface area (Å²) in [7, 11) is 0. The molecule has 0 fully saturated rings. The average Bonchev–Trinajstić information content (AvgIpc) is 2.63. The number of rotatable bonds is 2. The molecule has 0 unspecified atom stereocenters. The maximum absolute atomic E-state index is 12.5. The number of aromatic nitrogens is 2. The van der Waals surface area contributed by atoms with Gasteiger partial charge in [-0.3, -0.25) is 4.68 Å². The van der Waals surface area contributed by atoms with E-state index >= 15 is 0 Å². The summed E-state index contributed by atoms with van der Waals surface area (Å²) in [4.78, 5) is 0. The van der Waals surface area contributed by atoms with Crippen molar-refractivity contribution in [1.29, 1.82) is 0 Å². The highest BCUT2D eigenvalue weighted by molar-refractivity contribution is 9.10. The van der Waals surface area contributed by atoms with Crippen molar-refractivity contribution in [2.75, 3.05) is 0 Å². The predicted octanol–water partition coefficient (Wildman–Crippen LogP) is 3.71. The third kappa shape index (κ3) is 3.09. The van der Waals surface area contributed by atoms with Crippen LogP contribution in [0, 0.1) is 0 Å². The molecule has 6 heteroatoms. The van der Waals surface area contributed by atoms with Gasteiger partial charge in [0.25, 0.3) is 0 Å². The van der Waals surface area contributed by atoms with E-state index < -0.39 is 11.7 Å². The van der Waals surface area contributed by atoms with Crippen molar-refractivity contribution < 1.29 is 13.2 Å². The van der Waals surface area contributed by atoms with Gasteiger partial charge in [0.05, 0.1) is 22.8 Å². The zero-order valence-electron chi connectivity index (χ0n) is 8.58. The molecule has 2 aromatic rings. The van der Waals surface area contributed by atoms with Crippen LogP contribution in [-0.2, 0) is 12.7 Å². The van der Waals surface area contributed by atoms with Crippen LogP contribution in [0.1, 0.15) is 11.1 Å². The lowest BCUT2D eigenvalue weighted by molar-refractivity contribution is -0.137. The zero-order valence-corrected chi connectivity index (χ0v) is 10.2. The molecule has 0 bridgehead atoms. The Bertz CT molecular complexity index is 519. The van der Waals surface area contributed by atoms with Gasteiger partial charge in [-0.1, -0.05) is 12.1 Å². The summed E-state index contributed by atoms with van der Waals surface area (Å²) in [6.45, 7) is 0.315. The van der Waals surface area contributed by atoms with Crippen LogP contribution in [0.15, 0.2) is 41.1 Å². The summed E-state index contributed by atoms with van der Waals surface area (Å²) < 4.78 is 39.8. The maximum Gasteiger partial charge on any atom is 0.416 e. The molecule has 1 aromatic heterocycles. The molecule has 0 aliphatic carbocycles. The molecule has 1 heterocycles. The number of nitrogens with zero attached hydrogens (tertiary/aromatic N) is 2. The van der Waals surface area contributed by atoms with Gasteiger partial charge in [0, 0.05) is 6.20 Å². The highest BCUT2D eigenvalue weighted by Gasteiger charge is 2.30. The Kier molecular flexibility index (Phi) is 3.24. The van der Waals surface area contributed by atoms with Gasteiger partial charge in [-0.15, -0.1) is 0 Å². The zero-order chi connectivity index (χ0) is 12.5. The summed E-state index contributed by atoms with van der Waals surface area (Å²) >= 11 is 3.23. The van der Waals surface area contributed by atoms with Crippen molar-refractivity contribution in [3.8, 4) is 0 Å². The number of hydrogen-bond acceptors (Lipinski definition) is 1. The molecule has 0 aliphatic rings. The second-order valence-electron chi connectivity index (χ2n) is 3.55. The van der Waals surface area contributed by atoms with E-state index in [1.165, 1.54) is 6.07 Å². The molecule has 0 radical (unpaired) electrons. The van der Waals surface area contributed by atoms with Crippen molar-refractivity contribution in [1.82, 2.24) is 9.78 Å². The monoisotopic (exact) mass is 304 g/mol. The summed E-state index contributed by atoms with van der Waals surface area (Å²) in [5.74, 6) is 0. The summed E-state index contributed by atoms with van der Waals surface area (Å²) in [6, 6.07) is 5.24. The van der Waals surface area contributed by atoms with Crippen LogP contribution < -0.4 is 0 Å². The smallest absolute Gasteiger partial charge is 0.267 e. The lowest BCUT2D eigenvalue weighted by Gasteiger charge is -2.08. The average molecular weight is 305 g/mol. The SMILES string of the molecule is FC(F)(F)c1cccc(Cn2cc(Br)cn2)c1. The van der Waals surface area contributed by atoms with Crippen molar-refractivity contribution >= 4 is 15.9 Å². The number of alkyl halides is 3. The fourth-order valence-electron chi connectivity index (χ4n) is 1.46. The van der Waals surface area contributed by atoms with Gasteiger partial charge >= 0.3 is 6.18 Å². The number of benzene rings is 1. The standard InChI is InChI=1S/C11H8BrF3N2/c12-10-5-16-17(7-10)6-8-2-1-3-9(4-8)11(13,14)15/h1-5,7H,6H2. The minimum absolute atomic E-state index is 0.315. The van der Waals surface area contributed by atoms with Crippen LogP contribution in [0.4, 0.5) is 13.2 Å². The van der Waals surface area contributed by atoms with Gasteiger partial charge in [-0.25, -0.2) is 0 Å². The topological polar surface area (TPSA) is 17.8 Å². The first-order chi connectivity index (χ1) is 7.95. The van der Waals surface area contributed by atoms with Crippen LogP contribution in [0.3, 0.4) is 0 Å². The van der Waals surface area contributed by atoms with Crippen LogP contribution in [0.2, 0.25) is 0 Å². The van der Waals surface area contributed by atoms with E-state index in [2.05, 4.69) is 21.0 Å². The van der Waals surface area contributed by atoms with Gasteiger partial charge < -0.3 is 0 Å². The third-order valence-corrected chi connectivity index (χ3v) is 2.61. The molecule has 90 valence electrons. The number of hydrogen-bond donors (Lipinski definition) is 0. The van der Waals surface area contributed by atoms with E-state index in [1.54, 1.807) is 23.1 Å². The van der Waals surface area contributed by atoms with Crippen LogP contribution in [-0.4, -0.2) is 9.78 Å². The highest BCUT2D eigenvalue weighted by atomic mass is 79.9. The normalized spacial score (nSPS) is 11.8. The molecule has 0 atom stereocenters. The molecule has 0 N–H and O–H groups in total. The minimum Gasteiger partial charge on any atom is -0.267 e. The minimum atomic E-state index is -4.30. The quantitative estimate of drug-likeness (QED) is 0.827. The molecule has 2 rings (SSSR count). The Morgan fingerprint density at radius 3 is 2.65 bits per heavy atom. The van der Waals surface area contributed by atoms with Gasteiger partial charge in [-0.2, -0.15) is 18.3 Å². The Hall–Kier alpha value is -1.30. The van der Waals surface area contributed by atoms with Crippen molar-refractivity contribution in [2.24, 2.45) is 0 Å². The second kappa shape index (κ2) is 4.52. The maximum atomic E-state index is 12.5. The van der Waals surface area contributed by atoms with Gasteiger partial charge in [0.15, 0.2) is 0 Å². The number of halogens is 4. The molecule has 0 spiro atoms. The van der Waals surface area contributed by atoms with E-state index in [1.807, 2.05) is 0 Å². The lowest BCUT2D eigenvalue weighted by atomic mass is 10.1. The fourth-order valence-corrected chi connectivity index (χ4v) is 1.79. The molecular formula is C11H8BrF3N2. The highest BCUT2D eigenvalue weighted by Crippen LogP contribution is 2.29. The van der Waals surface area contributed by atoms with Crippen LogP contribution >= 0.6 is 15.9 Å². The molecule has 0 saturated heterocycles. The van der Waals surface area contributed by atoms with E-state index in [0.29, 0.717) is 12.1 Å². The van der Waals surface area contributed by atoms with E-state index in [-0.39, 0.29) is 0 Å². The molecule has 2 nitrogen and oxygen atoms in total. The predicted molar refractivity (Wildman–Crippen MR) is 60.5 cm³/mol. The molecule has 0 amide bonds. The van der Waals surface area contributed by atoms with Crippen LogP contribution in [0.25, 0.3) is 0 Å². The first-order valence-corrected chi connectivity index (χ1v) is 5.58. The Labute approximate surface area is 104 Å². The molecule has 0 saturated carbocycles. The van der Waals surface area contributed by atoms with E-state index in [0.717, 1.165) is 16.6 Å².